The number of nitrogens with one attached hydrogen (secondary N) is 2. The second-order valence-corrected chi connectivity index (χ2v) is 4.96. The molecule has 19 heavy (non-hydrogen) atoms. The molecule has 2 N–H and O–H groups in total. The number of H-pyrrole nitrogens is 1. The maximum absolute atomic E-state index is 12.1. The van der Waals surface area contributed by atoms with Crippen molar-refractivity contribution in [2.24, 2.45) is 0 Å². The van der Waals surface area contributed by atoms with Gasteiger partial charge in [0.25, 0.3) is 0 Å². The van der Waals surface area contributed by atoms with Crippen LogP contribution in [-0.2, 0) is 6.42 Å². The molecule has 1 aromatic heterocycles. The average Bonchev–Trinajstić information content (AvgIpc) is 2.68. The highest BCUT2D eigenvalue weighted by atomic mass is 19.4. The Morgan fingerprint density at radius 1 is 1.32 bits per heavy atom. The number of aryl methyl sites for hydroxylation is 1. The van der Waals surface area contributed by atoms with Gasteiger partial charge in [0.15, 0.2) is 0 Å². The number of fused-ring (bicyclic) bond motifs is 1. The van der Waals surface area contributed by atoms with Crippen LogP contribution in [0.1, 0.15) is 18.1 Å². The Balaban J connectivity index is 2.06. The number of rotatable bonds is 4. The molecule has 0 saturated heterocycles. The minimum atomic E-state index is -4.16. The molecule has 2 nitrogen and oxygen atoms in total. The van der Waals surface area contributed by atoms with E-state index in [9.17, 15) is 13.2 Å². The minimum Gasteiger partial charge on any atom is -0.361 e. The van der Waals surface area contributed by atoms with Gasteiger partial charge in [-0.25, -0.2) is 0 Å². The topological polar surface area (TPSA) is 27.8 Å². The summed E-state index contributed by atoms with van der Waals surface area (Å²) in [6.45, 7) is 2.82. The molecule has 2 aromatic rings. The molecule has 104 valence electrons. The van der Waals surface area contributed by atoms with Gasteiger partial charge in [-0.3, -0.25) is 0 Å². The zero-order chi connectivity index (χ0) is 14.0. The lowest BCUT2D eigenvalue weighted by atomic mass is 10.0. The SMILES string of the molecule is Cc1ccc2[nH]cc(C[C@@H](C)NCC(F)(F)F)c2c1. The summed E-state index contributed by atoms with van der Waals surface area (Å²) < 4.78 is 36.4. The van der Waals surface area contributed by atoms with E-state index in [4.69, 9.17) is 0 Å². The fraction of sp³-hybridized carbons (Fsp3) is 0.429. The number of aromatic amines is 1. The van der Waals surface area contributed by atoms with Crippen molar-refractivity contribution in [2.75, 3.05) is 6.54 Å². The Kier molecular flexibility index (Phi) is 3.85. The van der Waals surface area contributed by atoms with Crippen LogP contribution >= 0.6 is 0 Å². The third-order valence-corrected chi connectivity index (χ3v) is 3.10. The Bertz CT molecular complexity index is 557. The zero-order valence-corrected chi connectivity index (χ0v) is 10.9. The van der Waals surface area contributed by atoms with Crippen LogP contribution in [0.15, 0.2) is 24.4 Å². The largest absolute Gasteiger partial charge is 0.401 e. The number of hydrogen-bond acceptors (Lipinski definition) is 1. The molecule has 5 heteroatoms. The number of benzene rings is 1. The predicted octanol–water partition coefficient (Wildman–Crippen LogP) is 3.56. The van der Waals surface area contributed by atoms with Crippen molar-refractivity contribution in [1.29, 1.82) is 0 Å². The van der Waals surface area contributed by atoms with Crippen molar-refractivity contribution >= 4 is 10.9 Å². The molecule has 0 aliphatic carbocycles. The molecule has 0 aliphatic rings. The van der Waals surface area contributed by atoms with Gasteiger partial charge in [-0.2, -0.15) is 13.2 Å². The molecule has 0 amide bonds. The minimum absolute atomic E-state index is 0.221. The molecule has 0 saturated carbocycles. The van der Waals surface area contributed by atoms with E-state index in [1.54, 1.807) is 6.92 Å². The van der Waals surface area contributed by atoms with E-state index >= 15 is 0 Å². The van der Waals surface area contributed by atoms with Gasteiger partial charge in [-0.1, -0.05) is 11.6 Å². The molecule has 0 aliphatic heterocycles. The van der Waals surface area contributed by atoms with E-state index in [1.165, 1.54) is 0 Å². The first-order valence-corrected chi connectivity index (χ1v) is 6.22. The Hall–Kier alpha value is -1.49. The van der Waals surface area contributed by atoms with E-state index < -0.39 is 12.7 Å². The fourth-order valence-corrected chi connectivity index (χ4v) is 2.15. The third-order valence-electron chi connectivity index (χ3n) is 3.10. The highest BCUT2D eigenvalue weighted by molar-refractivity contribution is 5.83. The van der Waals surface area contributed by atoms with Crippen LogP contribution in [0.4, 0.5) is 13.2 Å². The number of hydrogen-bond donors (Lipinski definition) is 2. The number of alkyl halides is 3. The molecule has 0 radical (unpaired) electrons. The lowest BCUT2D eigenvalue weighted by Crippen LogP contribution is -2.36. The smallest absolute Gasteiger partial charge is 0.361 e. The highest BCUT2D eigenvalue weighted by Crippen LogP contribution is 2.21. The van der Waals surface area contributed by atoms with Crippen molar-refractivity contribution in [3.63, 3.8) is 0 Å². The standard InChI is InChI=1S/C14H17F3N2/c1-9-3-4-13-12(5-9)11(7-18-13)6-10(2)19-8-14(15,16)17/h3-5,7,10,18-19H,6,8H2,1-2H3/t10-/m1/s1. The van der Waals surface area contributed by atoms with Crippen molar-refractivity contribution in [3.05, 3.63) is 35.5 Å². The Labute approximate surface area is 110 Å². The molecular weight excluding hydrogens is 253 g/mol. The lowest BCUT2D eigenvalue weighted by molar-refractivity contribution is -0.126. The summed E-state index contributed by atoms with van der Waals surface area (Å²) in [4.78, 5) is 3.14. The Morgan fingerprint density at radius 3 is 2.74 bits per heavy atom. The second-order valence-electron chi connectivity index (χ2n) is 4.96. The molecule has 2 rings (SSSR count). The van der Waals surface area contributed by atoms with Crippen LogP contribution < -0.4 is 5.32 Å². The molecule has 1 aromatic carbocycles. The predicted molar refractivity (Wildman–Crippen MR) is 70.3 cm³/mol. The summed E-state index contributed by atoms with van der Waals surface area (Å²) in [5, 5.41) is 3.59. The van der Waals surface area contributed by atoms with Gasteiger partial charge in [0.05, 0.1) is 6.54 Å². The molecule has 0 unspecified atom stereocenters. The quantitative estimate of drug-likeness (QED) is 0.873. The first kappa shape index (κ1) is 13.9. The highest BCUT2D eigenvalue weighted by Gasteiger charge is 2.27. The zero-order valence-electron chi connectivity index (χ0n) is 10.9. The van der Waals surface area contributed by atoms with E-state index in [2.05, 4.69) is 16.4 Å². The maximum Gasteiger partial charge on any atom is 0.401 e. The summed E-state index contributed by atoms with van der Waals surface area (Å²) in [5.41, 5.74) is 3.20. The van der Waals surface area contributed by atoms with Gasteiger partial charge in [0.1, 0.15) is 0 Å². The van der Waals surface area contributed by atoms with Crippen LogP contribution in [0.2, 0.25) is 0 Å². The van der Waals surface area contributed by atoms with Gasteiger partial charge >= 0.3 is 6.18 Å². The molecule has 1 atom stereocenters. The maximum atomic E-state index is 12.1. The monoisotopic (exact) mass is 270 g/mol. The van der Waals surface area contributed by atoms with E-state index in [0.29, 0.717) is 6.42 Å². The third kappa shape index (κ3) is 3.73. The summed E-state index contributed by atoms with van der Waals surface area (Å²) in [7, 11) is 0. The van der Waals surface area contributed by atoms with Crippen LogP contribution in [-0.4, -0.2) is 23.7 Å². The van der Waals surface area contributed by atoms with Gasteiger partial charge in [-0.15, -0.1) is 0 Å². The number of halogens is 3. The molecular formula is C14H17F3N2. The molecule has 1 heterocycles. The van der Waals surface area contributed by atoms with Crippen LogP contribution in [0.3, 0.4) is 0 Å². The van der Waals surface area contributed by atoms with Crippen molar-refractivity contribution in [3.8, 4) is 0 Å². The van der Waals surface area contributed by atoms with Gasteiger partial charge in [0.2, 0.25) is 0 Å². The summed E-state index contributed by atoms with van der Waals surface area (Å²) in [5.74, 6) is 0. The molecule has 0 bridgehead atoms. The van der Waals surface area contributed by atoms with Crippen molar-refractivity contribution in [2.45, 2.75) is 32.5 Å². The van der Waals surface area contributed by atoms with Crippen molar-refractivity contribution < 1.29 is 13.2 Å². The van der Waals surface area contributed by atoms with Crippen molar-refractivity contribution in [1.82, 2.24) is 10.3 Å². The molecule has 0 spiro atoms. The van der Waals surface area contributed by atoms with Crippen LogP contribution in [0.5, 0.6) is 0 Å². The van der Waals surface area contributed by atoms with Crippen LogP contribution in [0.25, 0.3) is 10.9 Å². The summed E-state index contributed by atoms with van der Waals surface area (Å²) in [6, 6.07) is 5.83. The Morgan fingerprint density at radius 2 is 2.05 bits per heavy atom. The first-order chi connectivity index (χ1) is 8.85. The van der Waals surface area contributed by atoms with E-state index in [0.717, 1.165) is 22.0 Å². The van der Waals surface area contributed by atoms with E-state index in [1.807, 2.05) is 25.3 Å². The first-order valence-electron chi connectivity index (χ1n) is 6.22. The van der Waals surface area contributed by atoms with Gasteiger partial charge < -0.3 is 10.3 Å². The van der Waals surface area contributed by atoms with Gasteiger partial charge in [0, 0.05) is 23.1 Å². The van der Waals surface area contributed by atoms with E-state index in [-0.39, 0.29) is 6.04 Å². The van der Waals surface area contributed by atoms with Crippen LogP contribution in [0, 0.1) is 6.92 Å². The fourth-order valence-electron chi connectivity index (χ4n) is 2.15. The second kappa shape index (κ2) is 5.25. The summed E-state index contributed by atoms with van der Waals surface area (Å²) in [6.07, 6.45) is -1.72. The lowest BCUT2D eigenvalue weighted by Gasteiger charge is -2.15. The van der Waals surface area contributed by atoms with Gasteiger partial charge in [-0.05, 0) is 38.0 Å². The summed E-state index contributed by atoms with van der Waals surface area (Å²) >= 11 is 0. The normalized spacial score (nSPS) is 13.9. The number of aromatic nitrogens is 1. The molecule has 0 fully saturated rings. The average molecular weight is 270 g/mol.